The smallest absolute Gasteiger partial charge is 0.337 e. The molecular weight excluding hydrogens is 343 g/mol. The monoisotopic (exact) mass is 359 g/mol. The van der Waals surface area contributed by atoms with Crippen LogP contribution in [0.15, 0.2) is 67.0 Å². The molecule has 0 bridgehead atoms. The Labute approximate surface area is 148 Å². The molecule has 0 spiro atoms. The van der Waals surface area contributed by atoms with Gasteiger partial charge in [0.25, 0.3) is 5.91 Å². The molecule has 0 aliphatic rings. The average molecular weight is 359 g/mol. The highest BCUT2D eigenvalue weighted by Crippen LogP contribution is 2.32. The summed E-state index contributed by atoms with van der Waals surface area (Å²) in [6.45, 7) is 0.151. The first-order chi connectivity index (χ1) is 12.4. The van der Waals surface area contributed by atoms with E-state index in [2.05, 4.69) is 5.10 Å². The van der Waals surface area contributed by atoms with Crippen molar-refractivity contribution in [2.75, 3.05) is 7.05 Å². The third kappa shape index (κ3) is 3.77. The lowest BCUT2D eigenvalue weighted by Crippen LogP contribution is -2.28. The molecule has 0 aliphatic carbocycles. The van der Waals surface area contributed by atoms with Crippen LogP contribution in [0.2, 0.25) is 0 Å². The van der Waals surface area contributed by atoms with Gasteiger partial charge in [-0.3, -0.25) is 4.79 Å². The molecule has 1 amide bonds. The Morgan fingerprint density at radius 3 is 2.42 bits per heavy atom. The number of rotatable bonds is 4. The van der Waals surface area contributed by atoms with Crippen molar-refractivity contribution in [1.82, 2.24) is 14.7 Å². The highest BCUT2D eigenvalue weighted by Gasteiger charge is 2.35. The van der Waals surface area contributed by atoms with Crippen LogP contribution in [-0.2, 0) is 12.7 Å². The largest absolute Gasteiger partial charge is 0.417 e. The Balaban J connectivity index is 1.78. The second-order valence-electron chi connectivity index (χ2n) is 5.83. The fraction of sp³-hybridized carbons (Fsp3) is 0.158. The average Bonchev–Trinajstić information content (AvgIpc) is 3.09. The van der Waals surface area contributed by atoms with Crippen molar-refractivity contribution in [3.8, 4) is 5.69 Å². The molecule has 2 aromatic carbocycles. The van der Waals surface area contributed by atoms with E-state index in [1.165, 1.54) is 30.1 Å². The molecule has 26 heavy (non-hydrogen) atoms. The Hall–Kier alpha value is -3.09. The van der Waals surface area contributed by atoms with Crippen LogP contribution in [-0.4, -0.2) is 27.6 Å². The minimum Gasteiger partial charge on any atom is -0.337 e. The fourth-order valence-corrected chi connectivity index (χ4v) is 2.63. The minimum absolute atomic E-state index is 0.151. The van der Waals surface area contributed by atoms with Gasteiger partial charge in [-0.05, 0) is 24.3 Å². The molecule has 0 saturated heterocycles. The predicted octanol–water partition coefficient (Wildman–Crippen LogP) is 4.16. The van der Waals surface area contributed by atoms with E-state index in [4.69, 9.17) is 0 Å². The van der Waals surface area contributed by atoms with E-state index in [-0.39, 0.29) is 12.1 Å². The molecule has 0 aliphatic heterocycles. The summed E-state index contributed by atoms with van der Waals surface area (Å²) in [5, 5.41) is 4.23. The van der Waals surface area contributed by atoms with Crippen LogP contribution < -0.4 is 0 Å². The van der Waals surface area contributed by atoms with Gasteiger partial charge in [0.1, 0.15) is 0 Å². The van der Waals surface area contributed by atoms with E-state index in [0.29, 0.717) is 5.56 Å². The van der Waals surface area contributed by atoms with Crippen LogP contribution in [0.4, 0.5) is 13.2 Å². The van der Waals surface area contributed by atoms with Crippen LogP contribution in [0.25, 0.3) is 5.69 Å². The standard InChI is InChI=1S/C19H16F3N3O/c1-24(18(26)16-9-5-6-10-17(16)19(20,21)22)12-14-11-23-25(13-14)15-7-3-2-4-8-15/h2-11,13H,12H2,1H3. The molecule has 0 radical (unpaired) electrons. The molecule has 3 aromatic rings. The number of hydrogen-bond acceptors (Lipinski definition) is 2. The van der Waals surface area contributed by atoms with Gasteiger partial charge in [0.05, 0.1) is 23.0 Å². The molecule has 1 heterocycles. The van der Waals surface area contributed by atoms with Crippen molar-refractivity contribution in [3.63, 3.8) is 0 Å². The van der Waals surface area contributed by atoms with Crippen LogP contribution in [0.5, 0.6) is 0 Å². The first-order valence-electron chi connectivity index (χ1n) is 7.87. The number of amides is 1. The molecule has 0 atom stereocenters. The van der Waals surface area contributed by atoms with Crippen LogP contribution in [0.3, 0.4) is 0 Å². The van der Waals surface area contributed by atoms with Crippen LogP contribution >= 0.6 is 0 Å². The fourth-order valence-electron chi connectivity index (χ4n) is 2.63. The van der Waals surface area contributed by atoms with Crippen molar-refractivity contribution in [2.24, 2.45) is 0 Å². The highest BCUT2D eigenvalue weighted by atomic mass is 19.4. The lowest BCUT2D eigenvalue weighted by atomic mass is 10.1. The van der Waals surface area contributed by atoms with Gasteiger partial charge < -0.3 is 4.90 Å². The summed E-state index contributed by atoms with van der Waals surface area (Å²) in [5.41, 5.74) is 0.277. The number of nitrogens with zero attached hydrogens (tertiary/aromatic N) is 3. The molecule has 0 unspecified atom stereocenters. The van der Waals surface area contributed by atoms with E-state index in [1.54, 1.807) is 17.1 Å². The molecule has 7 heteroatoms. The summed E-state index contributed by atoms with van der Waals surface area (Å²) in [5.74, 6) is -0.689. The number of halogens is 3. The van der Waals surface area contributed by atoms with E-state index in [0.717, 1.165) is 11.8 Å². The van der Waals surface area contributed by atoms with Gasteiger partial charge in [-0.2, -0.15) is 18.3 Å². The van der Waals surface area contributed by atoms with E-state index in [9.17, 15) is 18.0 Å². The van der Waals surface area contributed by atoms with Crippen molar-refractivity contribution >= 4 is 5.91 Å². The SMILES string of the molecule is CN(Cc1cnn(-c2ccccc2)c1)C(=O)c1ccccc1C(F)(F)F. The number of carbonyl (C=O) groups excluding carboxylic acids is 1. The zero-order chi connectivity index (χ0) is 18.7. The van der Waals surface area contributed by atoms with Crippen molar-refractivity contribution in [1.29, 1.82) is 0 Å². The predicted molar refractivity (Wildman–Crippen MR) is 90.8 cm³/mol. The normalized spacial score (nSPS) is 11.4. The van der Waals surface area contributed by atoms with Gasteiger partial charge >= 0.3 is 6.18 Å². The van der Waals surface area contributed by atoms with E-state index in [1.807, 2.05) is 30.3 Å². The summed E-state index contributed by atoms with van der Waals surface area (Å²) < 4.78 is 41.0. The maximum absolute atomic E-state index is 13.1. The number of alkyl halides is 3. The van der Waals surface area contributed by atoms with Gasteiger partial charge in [-0.1, -0.05) is 30.3 Å². The quantitative estimate of drug-likeness (QED) is 0.701. The third-order valence-corrected chi connectivity index (χ3v) is 3.89. The summed E-state index contributed by atoms with van der Waals surface area (Å²) >= 11 is 0. The van der Waals surface area contributed by atoms with Crippen molar-refractivity contribution in [2.45, 2.75) is 12.7 Å². The van der Waals surface area contributed by atoms with Gasteiger partial charge in [-0.15, -0.1) is 0 Å². The lowest BCUT2D eigenvalue weighted by molar-refractivity contribution is -0.138. The molecule has 0 saturated carbocycles. The Morgan fingerprint density at radius 1 is 1.08 bits per heavy atom. The summed E-state index contributed by atoms with van der Waals surface area (Å²) in [7, 11) is 1.47. The number of para-hydroxylation sites is 1. The van der Waals surface area contributed by atoms with Crippen LogP contribution in [0, 0.1) is 0 Å². The van der Waals surface area contributed by atoms with Gasteiger partial charge in [-0.25, -0.2) is 4.68 Å². The summed E-state index contributed by atoms with van der Waals surface area (Å²) in [6, 6.07) is 14.2. The molecule has 0 fully saturated rings. The van der Waals surface area contributed by atoms with E-state index < -0.39 is 17.6 Å². The van der Waals surface area contributed by atoms with Gasteiger partial charge in [0.2, 0.25) is 0 Å². The minimum atomic E-state index is -4.58. The first-order valence-corrected chi connectivity index (χ1v) is 7.87. The molecule has 1 aromatic heterocycles. The molecule has 134 valence electrons. The summed E-state index contributed by atoms with van der Waals surface area (Å²) in [6.07, 6.45) is -1.24. The summed E-state index contributed by atoms with van der Waals surface area (Å²) in [4.78, 5) is 13.7. The van der Waals surface area contributed by atoms with Gasteiger partial charge in [0.15, 0.2) is 0 Å². The molecule has 3 rings (SSSR count). The van der Waals surface area contributed by atoms with E-state index >= 15 is 0 Å². The Kier molecular flexibility index (Phi) is 4.79. The van der Waals surface area contributed by atoms with Gasteiger partial charge in [0, 0.05) is 25.4 Å². The maximum Gasteiger partial charge on any atom is 0.417 e. The number of carbonyl (C=O) groups is 1. The van der Waals surface area contributed by atoms with Crippen molar-refractivity contribution in [3.05, 3.63) is 83.7 Å². The topological polar surface area (TPSA) is 38.1 Å². The first kappa shape index (κ1) is 17.7. The Bertz CT molecular complexity index is 904. The number of aromatic nitrogens is 2. The third-order valence-electron chi connectivity index (χ3n) is 3.89. The number of benzene rings is 2. The second-order valence-corrected chi connectivity index (χ2v) is 5.83. The zero-order valence-electron chi connectivity index (χ0n) is 13.9. The maximum atomic E-state index is 13.1. The zero-order valence-corrected chi connectivity index (χ0v) is 13.9. The number of hydrogen-bond donors (Lipinski definition) is 0. The molecule has 0 N–H and O–H groups in total. The van der Waals surface area contributed by atoms with Crippen molar-refractivity contribution < 1.29 is 18.0 Å². The van der Waals surface area contributed by atoms with Crippen LogP contribution in [0.1, 0.15) is 21.5 Å². The highest BCUT2D eigenvalue weighted by molar-refractivity contribution is 5.95. The second kappa shape index (κ2) is 7.03. The molecular formula is C19H16F3N3O. The Morgan fingerprint density at radius 2 is 1.73 bits per heavy atom. The lowest BCUT2D eigenvalue weighted by Gasteiger charge is -2.19. The molecule has 4 nitrogen and oxygen atoms in total.